The lowest BCUT2D eigenvalue weighted by molar-refractivity contribution is 0.101. The number of rotatable bonds is 3. The molecule has 4 heteroatoms. The first kappa shape index (κ1) is 11.0. The molecule has 82 valence electrons. The molecular weight excluding hydrogens is 222 g/mol. The fraction of sp³-hybridized carbons (Fsp3) is 0.167. The van der Waals surface area contributed by atoms with Gasteiger partial charge >= 0.3 is 0 Å². The molecule has 0 aliphatic heterocycles. The quantitative estimate of drug-likeness (QED) is 0.762. The maximum Gasteiger partial charge on any atom is 0.162 e. The van der Waals surface area contributed by atoms with E-state index >= 15 is 0 Å². The van der Waals surface area contributed by atoms with Gasteiger partial charge in [-0.05, 0) is 32.0 Å². The summed E-state index contributed by atoms with van der Waals surface area (Å²) in [5, 5.41) is 0.722. The smallest absolute Gasteiger partial charge is 0.162 e. The van der Waals surface area contributed by atoms with Crippen LogP contribution in [0.15, 0.2) is 45.0 Å². The Bertz CT molecular complexity index is 519. The Labute approximate surface area is 97.9 Å². The molecule has 0 radical (unpaired) electrons. The minimum absolute atomic E-state index is 0.0248. The molecule has 0 spiro atoms. The van der Waals surface area contributed by atoms with Crippen LogP contribution in [0.25, 0.3) is 0 Å². The highest BCUT2D eigenvalue weighted by atomic mass is 32.2. The highest BCUT2D eigenvalue weighted by molar-refractivity contribution is 7.99. The van der Waals surface area contributed by atoms with Gasteiger partial charge in [-0.2, -0.15) is 0 Å². The molecule has 0 fully saturated rings. The summed E-state index contributed by atoms with van der Waals surface area (Å²) in [5.41, 5.74) is 0.646. The number of furan rings is 1. The Morgan fingerprint density at radius 3 is 2.88 bits per heavy atom. The van der Waals surface area contributed by atoms with Crippen LogP contribution in [-0.4, -0.2) is 10.8 Å². The number of aryl methyl sites for hydroxylation is 1. The molecule has 16 heavy (non-hydrogen) atoms. The predicted octanol–water partition coefficient (Wildman–Crippen LogP) is 3.34. The van der Waals surface area contributed by atoms with E-state index in [1.54, 1.807) is 31.5 Å². The molecule has 0 N–H and O–H groups in total. The van der Waals surface area contributed by atoms with E-state index in [0.717, 1.165) is 15.7 Å². The molecule has 3 nitrogen and oxygen atoms in total. The molecule has 2 aromatic heterocycles. The van der Waals surface area contributed by atoms with Crippen LogP contribution < -0.4 is 0 Å². The number of ketones is 1. The van der Waals surface area contributed by atoms with Crippen LogP contribution in [0.4, 0.5) is 0 Å². The van der Waals surface area contributed by atoms with Crippen LogP contribution >= 0.6 is 11.8 Å². The monoisotopic (exact) mass is 233 g/mol. The molecule has 0 saturated carbocycles. The predicted molar refractivity (Wildman–Crippen MR) is 61.8 cm³/mol. The van der Waals surface area contributed by atoms with Gasteiger partial charge in [-0.1, -0.05) is 11.8 Å². The molecule has 2 rings (SSSR count). The molecule has 2 aromatic rings. The average molecular weight is 233 g/mol. The van der Waals surface area contributed by atoms with E-state index < -0.39 is 0 Å². The summed E-state index contributed by atoms with van der Waals surface area (Å²) in [5.74, 6) is 0.863. The van der Waals surface area contributed by atoms with Crippen molar-refractivity contribution in [1.29, 1.82) is 0 Å². The molecule has 2 heterocycles. The highest BCUT2D eigenvalue weighted by Crippen LogP contribution is 2.31. The molecule has 0 aliphatic carbocycles. The van der Waals surface area contributed by atoms with Crippen molar-refractivity contribution in [2.45, 2.75) is 23.8 Å². The molecule has 0 atom stereocenters. The maximum absolute atomic E-state index is 11.4. The van der Waals surface area contributed by atoms with Crippen molar-refractivity contribution in [3.05, 3.63) is 42.0 Å². The maximum atomic E-state index is 11.4. The molecule has 0 aliphatic rings. The fourth-order valence-corrected chi connectivity index (χ4v) is 2.28. The van der Waals surface area contributed by atoms with Crippen molar-refractivity contribution in [1.82, 2.24) is 4.98 Å². The minimum atomic E-state index is 0.0248. The lowest BCUT2D eigenvalue weighted by atomic mass is 10.2. The number of nitrogens with zero attached hydrogens (tertiary/aromatic N) is 1. The van der Waals surface area contributed by atoms with Gasteiger partial charge in [0, 0.05) is 11.8 Å². The Hall–Kier alpha value is -1.55. The van der Waals surface area contributed by atoms with E-state index in [0.29, 0.717) is 5.56 Å². The summed E-state index contributed by atoms with van der Waals surface area (Å²) in [6.07, 6.45) is 3.32. The van der Waals surface area contributed by atoms with Crippen molar-refractivity contribution in [2.24, 2.45) is 0 Å². The number of carbonyl (C=O) groups excluding carboxylic acids is 1. The Balaban J connectivity index is 2.35. The first-order chi connectivity index (χ1) is 7.68. The summed E-state index contributed by atoms with van der Waals surface area (Å²) >= 11 is 1.45. The van der Waals surface area contributed by atoms with Gasteiger partial charge in [0.2, 0.25) is 0 Å². The van der Waals surface area contributed by atoms with Crippen LogP contribution in [0.2, 0.25) is 0 Å². The van der Waals surface area contributed by atoms with Crippen LogP contribution in [0, 0.1) is 6.92 Å². The minimum Gasteiger partial charge on any atom is -0.468 e. The molecule has 0 aromatic carbocycles. The number of hydrogen-bond donors (Lipinski definition) is 0. The fourth-order valence-electron chi connectivity index (χ4n) is 1.32. The van der Waals surface area contributed by atoms with Crippen molar-refractivity contribution in [3.8, 4) is 0 Å². The van der Waals surface area contributed by atoms with E-state index in [1.165, 1.54) is 11.8 Å². The first-order valence-electron chi connectivity index (χ1n) is 4.86. The largest absolute Gasteiger partial charge is 0.468 e. The van der Waals surface area contributed by atoms with Gasteiger partial charge in [0.1, 0.15) is 10.8 Å². The zero-order chi connectivity index (χ0) is 11.5. The second-order valence-electron chi connectivity index (χ2n) is 3.36. The summed E-state index contributed by atoms with van der Waals surface area (Å²) in [6, 6.07) is 5.43. The molecular formula is C12H11NO2S. The Morgan fingerprint density at radius 2 is 2.25 bits per heavy atom. The summed E-state index contributed by atoms with van der Waals surface area (Å²) in [7, 11) is 0. The second-order valence-corrected chi connectivity index (χ2v) is 4.39. The van der Waals surface area contributed by atoms with E-state index in [2.05, 4.69) is 4.98 Å². The van der Waals surface area contributed by atoms with Crippen LogP contribution in [0.5, 0.6) is 0 Å². The highest BCUT2D eigenvalue weighted by Gasteiger charge is 2.11. The third-order valence-corrected chi connectivity index (χ3v) is 3.33. The summed E-state index contributed by atoms with van der Waals surface area (Å²) < 4.78 is 5.20. The second kappa shape index (κ2) is 4.53. The van der Waals surface area contributed by atoms with Crippen LogP contribution in [0.3, 0.4) is 0 Å². The average Bonchev–Trinajstić information content (AvgIpc) is 2.65. The SMILES string of the molecule is CC(=O)c1cccnc1Sc1ccoc1C. The molecule has 0 amide bonds. The summed E-state index contributed by atoms with van der Waals surface area (Å²) in [4.78, 5) is 16.6. The summed E-state index contributed by atoms with van der Waals surface area (Å²) in [6.45, 7) is 3.43. The van der Waals surface area contributed by atoms with Crippen LogP contribution in [0.1, 0.15) is 23.0 Å². The van der Waals surface area contributed by atoms with Gasteiger partial charge in [0.05, 0.1) is 11.2 Å². The van der Waals surface area contributed by atoms with E-state index in [4.69, 9.17) is 4.42 Å². The number of carbonyl (C=O) groups is 1. The Kier molecular flexibility index (Phi) is 3.10. The standard InChI is InChI=1S/C12H11NO2S/c1-8(14)10-4-3-6-13-12(10)16-11-5-7-15-9(11)2/h3-7H,1-2H3. The van der Waals surface area contributed by atoms with Gasteiger partial charge in [0.25, 0.3) is 0 Å². The number of Topliss-reactive ketones (excluding diaryl/α,β-unsaturated/α-hetero) is 1. The third kappa shape index (κ3) is 2.17. The zero-order valence-electron chi connectivity index (χ0n) is 9.06. The molecule has 0 saturated heterocycles. The van der Waals surface area contributed by atoms with Gasteiger partial charge in [-0.3, -0.25) is 4.79 Å². The van der Waals surface area contributed by atoms with Gasteiger partial charge < -0.3 is 4.42 Å². The lowest BCUT2D eigenvalue weighted by Gasteiger charge is -2.03. The van der Waals surface area contributed by atoms with Crippen molar-refractivity contribution in [2.75, 3.05) is 0 Å². The molecule has 0 unspecified atom stereocenters. The third-order valence-electron chi connectivity index (χ3n) is 2.17. The van der Waals surface area contributed by atoms with E-state index in [9.17, 15) is 4.79 Å². The van der Waals surface area contributed by atoms with Crippen molar-refractivity contribution >= 4 is 17.5 Å². The van der Waals surface area contributed by atoms with Gasteiger partial charge in [-0.15, -0.1) is 0 Å². The van der Waals surface area contributed by atoms with Crippen molar-refractivity contribution in [3.63, 3.8) is 0 Å². The van der Waals surface area contributed by atoms with Gasteiger partial charge in [-0.25, -0.2) is 4.98 Å². The number of pyridine rings is 1. The number of hydrogen-bond acceptors (Lipinski definition) is 4. The van der Waals surface area contributed by atoms with E-state index in [1.807, 2.05) is 13.0 Å². The van der Waals surface area contributed by atoms with E-state index in [-0.39, 0.29) is 5.78 Å². The first-order valence-corrected chi connectivity index (χ1v) is 5.68. The normalized spacial score (nSPS) is 10.4. The van der Waals surface area contributed by atoms with Gasteiger partial charge in [0.15, 0.2) is 5.78 Å². The Morgan fingerprint density at radius 1 is 1.44 bits per heavy atom. The molecule has 0 bridgehead atoms. The topological polar surface area (TPSA) is 43.1 Å². The zero-order valence-corrected chi connectivity index (χ0v) is 9.88. The number of aromatic nitrogens is 1. The lowest BCUT2D eigenvalue weighted by Crippen LogP contribution is -1.96. The van der Waals surface area contributed by atoms with Crippen molar-refractivity contribution < 1.29 is 9.21 Å². The van der Waals surface area contributed by atoms with Crippen LogP contribution in [-0.2, 0) is 0 Å².